The summed E-state index contributed by atoms with van der Waals surface area (Å²) >= 11 is 0. The van der Waals surface area contributed by atoms with E-state index in [9.17, 15) is 0 Å². The van der Waals surface area contributed by atoms with Crippen molar-refractivity contribution in [2.45, 2.75) is 13.0 Å². The van der Waals surface area contributed by atoms with Crippen molar-refractivity contribution < 1.29 is 4.74 Å². The van der Waals surface area contributed by atoms with Crippen LogP contribution < -0.4 is 10.5 Å². The molecule has 0 fully saturated rings. The van der Waals surface area contributed by atoms with Crippen LogP contribution in [-0.2, 0) is 0 Å². The zero-order chi connectivity index (χ0) is 9.68. The molecule has 1 rings (SSSR count). The zero-order valence-corrected chi connectivity index (χ0v) is 9.09. The van der Waals surface area contributed by atoms with Gasteiger partial charge in [-0.05, 0) is 24.6 Å². The maximum absolute atomic E-state index is 5.76. The second-order valence-electron chi connectivity index (χ2n) is 2.76. The Morgan fingerprint density at radius 1 is 1.43 bits per heavy atom. The minimum atomic E-state index is -0.0873. The van der Waals surface area contributed by atoms with Crippen LogP contribution in [0.5, 0.6) is 5.75 Å². The van der Waals surface area contributed by atoms with Crippen molar-refractivity contribution in [3.05, 3.63) is 42.5 Å². The lowest BCUT2D eigenvalue weighted by molar-refractivity contribution is 0.340. The highest BCUT2D eigenvalue weighted by Crippen LogP contribution is 2.16. The van der Waals surface area contributed by atoms with E-state index in [0.29, 0.717) is 6.61 Å². The van der Waals surface area contributed by atoms with E-state index < -0.39 is 0 Å². The van der Waals surface area contributed by atoms with Crippen LogP contribution in [0.1, 0.15) is 18.5 Å². The fourth-order valence-electron chi connectivity index (χ4n) is 1.09. The summed E-state index contributed by atoms with van der Waals surface area (Å²) in [7, 11) is 0. The van der Waals surface area contributed by atoms with E-state index in [-0.39, 0.29) is 18.4 Å². The molecule has 0 bridgehead atoms. The number of rotatable bonds is 4. The number of halogens is 1. The van der Waals surface area contributed by atoms with Gasteiger partial charge in [-0.1, -0.05) is 18.2 Å². The minimum absolute atomic E-state index is 0. The van der Waals surface area contributed by atoms with Gasteiger partial charge in [0.2, 0.25) is 0 Å². The van der Waals surface area contributed by atoms with Gasteiger partial charge in [0.15, 0.2) is 0 Å². The van der Waals surface area contributed by atoms with Crippen LogP contribution in [0.25, 0.3) is 0 Å². The van der Waals surface area contributed by atoms with Gasteiger partial charge in [0.25, 0.3) is 0 Å². The monoisotopic (exact) mass is 213 g/mol. The summed E-state index contributed by atoms with van der Waals surface area (Å²) in [5.74, 6) is 0.877. The van der Waals surface area contributed by atoms with Gasteiger partial charge in [-0.25, -0.2) is 0 Å². The van der Waals surface area contributed by atoms with Crippen molar-refractivity contribution in [1.82, 2.24) is 0 Å². The Labute approximate surface area is 91.2 Å². The topological polar surface area (TPSA) is 35.2 Å². The third-order valence-corrected chi connectivity index (χ3v) is 1.83. The van der Waals surface area contributed by atoms with E-state index in [1.807, 2.05) is 31.2 Å². The average molecular weight is 214 g/mol. The van der Waals surface area contributed by atoms with Gasteiger partial charge in [0.05, 0.1) is 6.61 Å². The van der Waals surface area contributed by atoms with Gasteiger partial charge < -0.3 is 10.5 Å². The standard InChI is InChI=1S/C11H15NO.ClH/c1-3-11(12)9-5-7-10(8-6-9)13-4-2;/h3,5-8,11H,1,4,12H2,2H3;1H/t11-;/m1./s1. The lowest BCUT2D eigenvalue weighted by atomic mass is 10.1. The Bertz CT molecular complexity index is 271. The number of benzene rings is 1. The largest absolute Gasteiger partial charge is 0.494 e. The molecule has 0 unspecified atom stereocenters. The maximum Gasteiger partial charge on any atom is 0.119 e. The van der Waals surface area contributed by atoms with Gasteiger partial charge in [-0.3, -0.25) is 0 Å². The molecule has 1 atom stereocenters. The lowest BCUT2D eigenvalue weighted by Gasteiger charge is -2.07. The first-order chi connectivity index (χ1) is 6.27. The number of hydrogen-bond acceptors (Lipinski definition) is 2. The van der Waals surface area contributed by atoms with Crippen LogP contribution in [0, 0.1) is 0 Å². The molecule has 0 saturated carbocycles. The molecule has 2 N–H and O–H groups in total. The average Bonchev–Trinajstić information content (AvgIpc) is 2.18. The summed E-state index contributed by atoms with van der Waals surface area (Å²) in [5, 5.41) is 0. The fraction of sp³-hybridized carbons (Fsp3) is 0.273. The summed E-state index contributed by atoms with van der Waals surface area (Å²) in [6.07, 6.45) is 1.72. The Kier molecular flexibility index (Phi) is 6.00. The third kappa shape index (κ3) is 3.40. The van der Waals surface area contributed by atoms with Crippen LogP contribution in [0.2, 0.25) is 0 Å². The molecule has 0 aliphatic carbocycles. The maximum atomic E-state index is 5.76. The molecule has 2 nitrogen and oxygen atoms in total. The van der Waals surface area contributed by atoms with Gasteiger partial charge in [-0.2, -0.15) is 0 Å². The van der Waals surface area contributed by atoms with Gasteiger partial charge in [0.1, 0.15) is 5.75 Å². The second-order valence-corrected chi connectivity index (χ2v) is 2.76. The molecule has 3 heteroatoms. The molecule has 78 valence electrons. The van der Waals surface area contributed by atoms with E-state index in [4.69, 9.17) is 10.5 Å². The molecule has 0 saturated heterocycles. The Balaban J connectivity index is 0.00000169. The summed E-state index contributed by atoms with van der Waals surface area (Å²) < 4.78 is 5.31. The Morgan fingerprint density at radius 2 is 2.00 bits per heavy atom. The molecule has 1 aromatic rings. The first-order valence-corrected chi connectivity index (χ1v) is 4.38. The first kappa shape index (κ1) is 13.0. The normalized spacial score (nSPS) is 11.3. The van der Waals surface area contributed by atoms with Crippen LogP contribution >= 0.6 is 12.4 Å². The van der Waals surface area contributed by atoms with Gasteiger partial charge in [0, 0.05) is 6.04 Å². The highest BCUT2D eigenvalue weighted by molar-refractivity contribution is 5.85. The summed E-state index contributed by atoms with van der Waals surface area (Å²) in [5.41, 5.74) is 6.81. The van der Waals surface area contributed by atoms with E-state index in [0.717, 1.165) is 11.3 Å². The van der Waals surface area contributed by atoms with Crippen LogP contribution in [0.15, 0.2) is 36.9 Å². The SMILES string of the molecule is C=C[C@@H](N)c1ccc(OCC)cc1.Cl. The van der Waals surface area contributed by atoms with E-state index in [2.05, 4.69) is 6.58 Å². The predicted molar refractivity (Wildman–Crippen MR) is 62.0 cm³/mol. The molecule has 1 aromatic carbocycles. The molecule has 0 amide bonds. The summed E-state index contributed by atoms with van der Waals surface area (Å²) in [6, 6.07) is 7.66. The Hall–Kier alpha value is -0.990. The van der Waals surface area contributed by atoms with E-state index in [1.165, 1.54) is 0 Å². The third-order valence-electron chi connectivity index (χ3n) is 1.83. The van der Waals surface area contributed by atoms with Crippen molar-refractivity contribution in [2.75, 3.05) is 6.61 Å². The highest BCUT2D eigenvalue weighted by atomic mass is 35.5. The van der Waals surface area contributed by atoms with Crippen molar-refractivity contribution in [3.63, 3.8) is 0 Å². The van der Waals surface area contributed by atoms with Crippen LogP contribution in [-0.4, -0.2) is 6.61 Å². The molecule has 0 spiro atoms. The molecule has 0 aliphatic heterocycles. The quantitative estimate of drug-likeness (QED) is 0.781. The molecule has 0 aliphatic rings. The number of ether oxygens (including phenoxy) is 1. The first-order valence-electron chi connectivity index (χ1n) is 4.38. The van der Waals surface area contributed by atoms with Crippen molar-refractivity contribution in [1.29, 1.82) is 0 Å². The molecular weight excluding hydrogens is 198 g/mol. The highest BCUT2D eigenvalue weighted by Gasteiger charge is 2.00. The van der Waals surface area contributed by atoms with Crippen LogP contribution in [0.3, 0.4) is 0 Å². The molecule has 14 heavy (non-hydrogen) atoms. The molecule has 0 aromatic heterocycles. The summed E-state index contributed by atoms with van der Waals surface area (Å²) in [4.78, 5) is 0. The van der Waals surface area contributed by atoms with Gasteiger partial charge in [-0.15, -0.1) is 19.0 Å². The van der Waals surface area contributed by atoms with E-state index in [1.54, 1.807) is 6.08 Å². The number of nitrogens with two attached hydrogens (primary N) is 1. The smallest absolute Gasteiger partial charge is 0.119 e. The van der Waals surface area contributed by atoms with Gasteiger partial charge >= 0.3 is 0 Å². The van der Waals surface area contributed by atoms with Crippen molar-refractivity contribution in [3.8, 4) is 5.75 Å². The zero-order valence-electron chi connectivity index (χ0n) is 8.27. The molecule has 0 heterocycles. The lowest BCUT2D eigenvalue weighted by Crippen LogP contribution is -2.05. The second kappa shape index (κ2) is 6.46. The van der Waals surface area contributed by atoms with E-state index >= 15 is 0 Å². The van der Waals surface area contributed by atoms with Crippen molar-refractivity contribution in [2.24, 2.45) is 5.73 Å². The molecular formula is C11H16ClNO. The number of hydrogen-bond donors (Lipinski definition) is 1. The Morgan fingerprint density at radius 3 is 2.43 bits per heavy atom. The summed E-state index contributed by atoms with van der Waals surface area (Å²) in [6.45, 7) is 6.29. The predicted octanol–water partition coefficient (Wildman–Crippen LogP) is 2.69. The minimum Gasteiger partial charge on any atom is -0.494 e. The fourth-order valence-corrected chi connectivity index (χ4v) is 1.09. The van der Waals surface area contributed by atoms with Crippen LogP contribution in [0.4, 0.5) is 0 Å². The van der Waals surface area contributed by atoms with Crippen molar-refractivity contribution >= 4 is 12.4 Å². The molecule has 0 radical (unpaired) electrons.